The van der Waals surface area contributed by atoms with Crippen LogP contribution in [-0.4, -0.2) is 20.7 Å². The van der Waals surface area contributed by atoms with E-state index in [2.05, 4.69) is 18.6 Å². The van der Waals surface area contributed by atoms with Gasteiger partial charge in [0.1, 0.15) is 0 Å². The van der Waals surface area contributed by atoms with E-state index in [1.54, 1.807) is 0 Å². The lowest BCUT2D eigenvalue weighted by molar-refractivity contribution is 0.512. The summed E-state index contributed by atoms with van der Waals surface area (Å²) in [7, 11) is -1.56. The predicted octanol–water partition coefficient (Wildman–Crippen LogP) is 4.63. The first-order chi connectivity index (χ1) is 9.58. The third-order valence-electron chi connectivity index (χ3n) is 3.98. The Hall–Kier alpha value is -0.0900. The summed E-state index contributed by atoms with van der Waals surface area (Å²) < 4.78 is 26.6. The van der Waals surface area contributed by atoms with Crippen molar-refractivity contribution in [1.82, 2.24) is 4.72 Å². The highest BCUT2D eigenvalue weighted by molar-refractivity contribution is 7.90. The third-order valence-corrected chi connectivity index (χ3v) is 5.90. The van der Waals surface area contributed by atoms with Crippen molar-refractivity contribution in [2.24, 2.45) is 0 Å². The van der Waals surface area contributed by atoms with Crippen molar-refractivity contribution in [3.63, 3.8) is 0 Å². The van der Waals surface area contributed by atoms with Crippen LogP contribution in [0.1, 0.15) is 90.9 Å². The van der Waals surface area contributed by atoms with Gasteiger partial charge < -0.3 is 0 Å². The summed E-state index contributed by atoms with van der Waals surface area (Å²) in [6, 6.07) is 0. The van der Waals surface area contributed by atoms with Gasteiger partial charge in [-0.2, -0.15) is 0 Å². The quantitative estimate of drug-likeness (QED) is 0.476. The second-order valence-corrected chi connectivity index (χ2v) is 7.94. The minimum atomic E-state index is -3.10. The highest BCUT2D eigenvalue weighted by atomic mass is 32.2. The molecule has 0 fully saturated rings. The highest BCUT2D eigenvalue weighted by Crippen LogP contribution is 2.18. The zero-order valence-corrected chi connectivity index (χ0v) is 14.6. The zero-order chi connectivity index (χ0) is 15.3. The molecule has 122 valence electrons. The maximum atomic E-state index is 12.0. The number of sulfonamides is 1. The Morgan fingerprint density at radius 2 is 1.15 bits per heavy atom. The van der Waals surface area contributed by atoms with E-state index in [1.165, 1.54) is 58.4 Å². The topological polar surface area (TPSA) is 46.2 Å². The van der Waals surface area contributed by atoms with E-state index >= 15 is 0 Å². The van der Waals surface area contributed by atoms with Crippen LogP contribution in [-0.2, 0) is 10.0 Å². The van der Waals surface area contributed by atoms with Crippen LogP contribution in [0.2, 0.25) is 0 Å². The largest absolute Gasteiger partial charge is 0.218 e. The summed E-state index contributed by atoms with van der Waals surface area (Å²) in [6.45, 7) is 4.40. The molecule has 0 radical (unpaired) electrons. The molecule has 0 rings (SSSR count). The molecule has 0 amide bonds. The third kappa shape index (κ3) is 9.76. The molecule has 0 bridgehead atoms. The van der Waals surface area contributed by atoms with Gasteiger partial charge in [0.2, 0.25) is 10.0 Å². The number of hydrogen-bond acceptors (Lipinski definition) is 2. The number of rotatable bonds is 14. The lowest BCUT2D eigenvalue weighted by Crippen LogP contribution is -2.31. The van der Waals surface area contributed by atoms with Crippen molar-refractivity contribution in [2.45, 2.75) is 96.1 Å². The SMILES string of the molecule is CCCCCCCC(CCCCCCC)S(=O)(=O)NC. The molecule has 0 aliphatic heterocycles. The maximum absolute atomic E-state index is 12.0. The lowest BCUT2D eigenvalue weighted by atomic mass is 10.0. The summed E-state index contributed by atoms with van der Waals surface area (Å²) in [5.74, 6) is 0. The van der Waals surface area contributed by atoms with E-state index in [9.17, 15) is 8.42 Å². The van der Waals surface area contributed by atoms with Crippen molar-refractivity contribution < 1.29 is 8.42 Å². The van der Waals surface area contributed by atoms with Crippen molar-refractivity contribution in [3.8, 4) is 0 Å². The van der Waals surface area contributed by atoms with Crippen molar-refractivity contribution in [3.05, 3.63) is 0 Å². The monoisotopic (exact) mass is 305 g/mol. The first-order valence-electron chi connectivity index (χ1n) is 8.50. The Kier molecular flexibility index (Phi) is 12.6. The van der Waals surface area contributed by atoms with E-state index in [0.29, 0.717) is 0 Å². The fourth-order valence-corrected chi connectivity index (χ4v) is 3.86. The molecule has 0 aliphatic carbocycles. The van der Waals surface area contributed by atoms with Gasteiger partial charge in [0.15, 0.2) is 0 Å². The van der Waals surface area contributed by atoms with Gasteiger partial charge in [-0.1, -0.05) is 78.1 Å². The van der Waals surface area contributed by atoms with E-state index < -0.39 is 10.0 Å². The lowest BCUT2D eigenvalue weighted by Gasteiger charge is -2.17. The van der Waals surface area contributed by atoms with Gasteiger partial charge in [0.05, 0.1) is 5.25 Å². The van der Waals surface area contributed by atoms with Crippen LogP contribution in [0.5, 0.6) is 0 Å². The molecule has 0 aromatic heterocycles. The molecule has 0 unspecified atom stereocenters. The molecule has 0 aromatic rings. The summed E-state index contributed by atoms with van der Waals surface area (Å²) in [5, 5.41) is -0.184. The molecule has 0 saturated carbocycles. The van der Waals surface area contributed by atoms with Gasteiger partial charge in [-0.05, 0) is 19.9 Å². The second kappa shape index (κ2) is 12.6. The first-order valence-corrected chi connectivity index (χ1v) is 10.1. The van der Waals surface area contributed by atoms with E-state index in [4.69, 9.17) is 0 Å². The van der Waals surface area contributed by atoms with Crippen LogP contribution in [0.15, 0.2) is 0 Å². The van der Waals surface area contributed by atoms with Crippen LogP contribution in [0.3, 0.4) is 0 Å². The summed E-state index contributed by atoms with van der Waals surface area (Å²) in [5.41, 5.74) is 0. The van der Waals surface area contributed by atoms with Gasteiger partial charge >= 0.3 is 0 Å². The van der Waals surface area contributed by atoms with Gasteiger partial charge in [-0.15, -0.1) is 0 Å². The van der Waals surface area contributed by atoms with Crippen molar-refractivity contribution in [1.29, 1.82) is 0 Å². The van der Waals surface area contributed by atoms with E-state index in [0.717, 1.165) is 25.7 Å². The fourth-order valence-electron chi connectivity index (χ4n) is 2.57. The molecular formula is C16H35NO2S. The summed E-state index contributed by atoms with van der Waals surface area (Å²) >= 11 is 0. The molecule has 0 aliphatic rings. The summed E-state index contributed by atoms with van der Waals surface area (Å²) in [4.78, 5) is 0. The standard InChI is InChI=1S/C16H35NO2S/c1-4-6-8-10-12-14-16(20(18,19)17-3)15-13-11-9-7-5-2/h16-17H,4-15H2,1-3H3. The van der Waals surface area contributed by atoms with Crippen LogP contribution in [0.4, 0.5) is 0 Å². The van der Waals surface area contributed by atoms with Crippen LogP contribution in [0, 0.1) is 0 Å². The van der Waals surface area contributed by atoms with Crippen LogP contribution < -0.4 is 4.72 Å². The number of nitrogens with one attached hydrogen (secondary N) is 1. The van der Waals surface area contributed by atoms with Gasteiger partial charge in [-0.25, -0.2) is 13.1 Å². The van der Waals surface area contributed by atoms with Gasteiger partial charge in [0, 0.05) is 0 Å². The zero-order valence-electron chi connectivity index (χ0n) is 13.8. The molecule has 0 spiro atoms. The highest BCUT2D eigenvalue weighted by Gasteiger charge is 2.22. The Labute approximate surface area is 127 Å². The Morgan fingerprint density at radius 3 is 1.50 bits per heavy atom. The van der Waals surface area contributed by atoms with Crippen LogP contribution in [0.25, 0.3) is 0 Å². The normalized spacial score (nSPS) is 12.2. The van der Waals surface area contributed by atoms with E-state index in [-0.39, 0.29) is 5.25 Å². The molecule has 1 N–H and O–H groups in total. The summed E-state index contributed by atoms with van der Waals surface area (Å²) in [6.07, 6.45) is 13.5. The minimum absolute atomic E-state index is 0.184. The molecule has 0 aromatic carbocycles. The molecule has 0 saturated heterocycles. The molecule has 3 nitrogen and oxygen atoms in total. The molecular weight excluding hydrogens is 270 g/mol. The predicted molar refractivity (Wildman–Crippen MR) is 88.5 cm³/mol. The van der Waals surface area contributed by atoms with Gasteiger partial charge in [0.25, 0.3) is 0 Å². The molecule has 0 heterocycles. The van der Waals surface area contributed by atoms with Crippen LogP contribution >= 0.6 is 0 Å². The smallest absolute Gasteiger partial charge is 0.214 e. The Balaban J connectivity index is 4.03. The molecule has 4 heteroatoms. The van der Waals surface area contributed by atoms with Crippen molar-refractivity contribution in [2.75, 3.05) is 7.05 Å². The Bertz CT molecular complexity index is 288. The minimum Gasteiger partial charge on any atom is -0.218 e. The van der Waals surface area contributed by atoms with Crippen molar-refractivity contribution >= 4 is 10.0 Å². The fraction of sp³-hybridized carbons (Fsp3) is 1.00. The first kappa shape index (κ1) is 19.9. The van der Waals surface area contributed by atoms with Gasteiger partial charge in [-0.3, -0.25) is 0 Å². The number of unbranched alkanes of at least 4 members (excludes halogenated alkanes) is 8. The maximum Gasteiger partial charge on any atom is 0.214 e. The second-order valence-electron chi connectivity index (χ2n) is 5.78. The Morgan fingerprint density at radius 1 is 0.750 bits per heavy atom. The molecule has 20 heavy (non-hydrogen) atoms. The molecule has 0 atom stereocenters. The average Bonchev–Trinajstić information content (AvgIpc) is 2.44. The number of hydrogen-bond donors (Lipinski definition) is 1. The van der Waals surface area contributed by atoms with E-state index in [1.807, 2.05) is 0 Å². The average molecular weight is 306 g/mol.